The normalized spacial score (nSPS) is 33.5. The highest BCUT2D eigenvalue weighted by atomic mass is 32.1. The van der Waals surface area contributed by atoms with Gasteiger partial charge in [-0.3, -0.25) is 4.90 Å². The van der Waals surface area contributed by atoms with Gasteiger partial charge in [-0.15, -0.1) is 11.3 Å². The van der Waals surface area contributed by atoms with Gasteiger partial charge in [0.15, 0.2) is 5.60 Å². The molecule has 3 aliphatic rings. The number of thiophene rings is 1. The quantitative estimate of drug-likeness (QED) is 0.848. The molecule has 2 saturated heterocycles. The van der Waals surface area contributed by atoms with Gasteiger partial charge in [-0.1, -0.05) is 18.9 Å². The smallest absolute Gasteiger partial charge is 0.344 e. The molecule has 132 valence electrons. The van der Waals surface area contributed by atoms with Gasteiger partial charge in [0, 0.05) is 22.9 Å². The van der Waals surface area contributed by atoms with Crippen LogP contribution in [0.3, 0.4) is 0 Å². The largest absolute Gasteiger partial charge is 0.458 e. The topological polar surface area (TPSA) is 49.8 Å². The van der Waals surface area contributed by atoms with Crippen LogP contribution in [0.1, 0.15) is 56.2 Å². The zero-order valence-corrected chi connectivity index (χ0v) is 15.1. The van der Waals surface area contributed by atoms with Crippen LogP contribution in [0.25, 0.3) is 0 Å². The van der Waals surface area contributed by atoms with Crippen LogP contribution in [0.15, 0.2) is 17.5 Å². The van der Waals surface area contributed by atoms with E-state index in [-0.39, 0.29) is 12.0 Å². The van der Waals surface area contributed by atoms with Crippen LogP contribution in [0.2, 0.25) is 0 Å². The lowest BCUT2D eigenvalue weighted by Crippen LogP contribution is -2.50. The summed E-state index contributed by atoms with van der Waals surface area (Å²) in [5, 5.41) is 13.4. The van der Waals surface area contributed by atoms with Crippen LogP contribution >= 0.6 is 11.3 Å². The van der Waals surface area contributed by atoms with Crippen LogP contribution in [0.4, 0.5) is 0 Å². The van der Waals surface area contributed by atoms with Gasteiger partial charge < -0.3 is 9.84 Å². The fourth-order valence-electron chi connectivity index (χ4n) is 5.06. The molecule has 3 heterocycles. The highest BCUT2D eigenvalue weighted by Crippen LogP contribution is 2.44. The van der Waals surface area contributed by atoms with Crippen LogP contribution in [-0.4, -0.2) is 41.2 Å². The number of nitrogens with zero attached hydrogens (tertiary/aromatic N) is 1. The van der Waals surface area contributed by atoms with Crippen LogP contribution in [-0.2, 0) is 15.1 Å². The lowest BCUT2D eigenvalue weighted by molar-refractivity contribution is -0.183. The Balaban J connectivity index is 1.56. The first-order valence-corrected chi connectivity index (χ1v) is 10.2. The first-order chi connectivity index (χ1) is 11.6. The van der Waals surface area contributed by atoms with E-state index in [1.807, 2.05) is 17.5 Å². The fourth-order valence-corrected chi connectivity index (χ4v) is 5.95. The summed E-state index contributed by atoms with van der Waals surface area (Å²) in [7, 11) is 2.14. The second-order valence-electron chi connectivity index (χ2n) is 7.71. The van der Waals surface area contributed by atoms with E-state index in [2.05, 4.69) is 11.9 Å². The maximum atomic E-state index is 13.1. The van der Waals surface area contributed by atoms with Crippen molar-refractivity contribution >= 4 is 17.3 Å². The Kier molecular flexibility index (Phi) is 4.43. The molecule has 0 amide bonds. The van der Waals surface area contributed by atoms with Crippen molar-refractivity contribution in [2.24, 2.45) is 5.92 Å². The molecule has 0 aromatic carbocycles. The van der Waals surface area contributed by atoms with Crippen molar-refractivity contribution in [1.29, 1.82) is 0 Å². The molecule has 1 aromatic rings. The molecule has 4 atom stereocenters. The number of aliphatic hydroxyl groups is 1. The summed E-state index contributed by atoms with van der Waals surface area (Å²) < 4.78 is 5.97. The summed E-state index contributed by atoms with van der Waals surface area (Å²) in [6, 6.07) is 4.76. The number of likely N-dealkylation sites (N-methyl/N-ethyl adjacent to an activating group) is 1. The molecule has 0 unspecified atom stereocenters. The first kappa shape index (κ1) is 16.6. The molecular weight excluding hydrogens is 322 g/mol. The Morgan fingerprint density at radius 3 is 2.71 bits per heavy atom. The number of carbonyl (C=O) groups is 1. The number of carbonyl (C=O) groups excluding carboxylic acids is 1. The maximum absolute atomic E-state index is 13.1. The number of piperidine rings is 1. The zero-order valence-electron chi connectivity index (χ0n) is 14.3. The Hall–Kier alpha value is -0.910. The third-order valence-electron chi connectivity index (χ3n) is 6.52. The van der Waals surface area contributed by atoms with E-state index in [4.69, 9.17) is 4.74 Å². The second-order valence-corrected chi connectivity index (χ2v) is 8.66. The molecule has 1 aromatic heterocycles. The third-order valence-corrected chi connectivity index (χ3v) is 7.52. The molecule has 1 aliphatic carbocycles. The van der Waals surface area contributed by atoms with Crippen LogP contribution < -0.4 is 0 Å². The van der Waals surface area contributed by atoms with Crippen molar-refractivity contribution in [1.82, 2.24) is 4.90 Å². The number of ether oxygens (including phenoxy) is 1. The lowest BCUT2D eigenvalue weighted by Gasteiger charge is -2.39. The van der Waals surface area contributed by atoms with Gasteiger partial charge in [-0.05, 0) is 57.0 Å². The van der Waals surface area contributed by atoms with Gasteiger partial charge in [0.1, 0.15) is 6.10 Å². The number of hydrogen-bond acceptors (Lipinski definition) is 5. The number of fused-ring (bicyclic) bond motifs is 2. The summed E-state index contributed by atoms with van der Waals surface area (Å²) in [5.41, 5.74) is -1.46. The van der Waals surface area contributed by atoms with Gasteiger partial charge in [0.05, 0.1) is 0 Å². The predicted molar refractivity (Wildman–Crippen MR) is 93.9 cm³/mol. The van der Waals surface area contributed by atoms with E-state index < -0.39 is 11.6 Å². The molecule has 24 heavy (non-hydrogen) atoms. The van der Waals surface area contributed by atoms with Crippen molar-refractivity contribution in [2.45, 2.75) is 75.2 Å². The average Bonchev–Trinajstić information content (AvgIpc) is 3.31. The second kappa shape index (κ2) is 6.43. The van der Waals surface area contributed by atoms with Gasteiger partial charge >= 0.3 is 5.97 Å². The van der Waals surface area contributed by atoms with Crippen molar-refractivity contribution in [2.75, 3.05) is 7.05 Å². The van der Waals surface area contributed by atoms with E-state index in [9.17, 15) is 9.90 Å². The lowest BCUT2D eigenvalue weighted by atomic mass is 9.84. The van der Waals surface area contributed by atoms with E-state index in [1.54, 1.807) is 0 Å². The van der Waals surface area contributed by atoms with Crippen LogP contribution in [0.5, 0.6) is 0 Å². The van der Waals surface area contributed by atoms with Gasteiger partial charge in [-0.2, -0.15) is 0 Å². The van der Waals surface area contributed by atoms with E-state index in [0.717, 1.165) is 49.8 Å². The zero-order chi connectivity index (χ0) is 16.7. The Morgan fingerprint density at radius 2 is 2.00 bits per heavy atom. The number of rotatable bonds is 4. The summed E-state index contributed by atoms with van der Waals surface area (Å²) in [6.07, 6.45) is 8.22. The average molecular weight is 349 g/mol. The molecule has 3 fully saturated rings. The van der Waals surface area contributed by atoms with Crippen molar-refractivity contribution < 1.29 is 14.6 Å². The molecule has 4 rings (SSSR count). The Morgan fingerprint density at radius 1 is 1.25 bits per heavy atom. The first-order valence-electron chi connectivity index (χ1n) is 9.30. The van der Waals surface area contributed by atoms with Crippen molar-refractivity contribution in [3.63, 3.8) is 0 Å². The summed E-state index contributed by atoms with van der Waals surface area (Å²) in [4.78, 5) is 16.2. The minimum Gasteiger partial charge on any atom is -0.458 e. The van der Waals surface area contributed by atoms with Gasteiger partial charge in [0.25, 0.3) is 0 Å². The monoisotopic (exact) mass is 349 g/mol. The molecular formula is C19H27NO3S. The SMILES string of the molecule is CN1[C@H]2CC[C@@H]1[C@H](OC(=O)[C@@](O)(c1cccs1)C1CCCC1)CC2. The molecule has 4 nitrogen and oxygen atoms in total. The number of esters is 1. The molecule has 2 bridgehead atoms. The molecule has 0 radical (unpaired) electrons. The van der Waals surface area contributed by atoms with E-state index in [0.29, 0.717) is 12.1 Å². The highest BCUT2D eigenvalue weighted by Gasteiger charge is 2.51. The molecule has 2 aliphatic heterocycles. The molecule has 5 heteroatoms. The molecule has 1 saturated carbocycles. The summed E-state index contributed by atoms with van der Waals surface area (Å²) >= 11 is 1.46. The third kappa shape index (κ3) is 2.61. The minimum atomic E-state index is -1.46. The van der Waals surface area contributed by atoms with Crippen LogP contribution in [0, 0.1) is 5.92 Å². The fraction of sp³-hybridized carbons (Fsp3) is 0.737. The summed E-state index contributed by atoms with van der Waals surface area (Å²) in [6.45, 7) is 0. The molecule has 0 spiro atoms. The standard InChI is InChI=1S/C19H27NO3S/c1-20-14-8-10-15(20)16(11-9-14)23-18(21)19(22,13-5-2-3-6-13)17-7-4-12-24-17/h4,7,12-16,22H,2-3,5-6,8-11H2,1H3/t14-,15+,16+,19-/m0/s1. The highest BCUT2D eigenvalue weighted by molar-refractivity contribution is 7.10. The van der Waals surface area contributed by atoms with Crippen molar-refractivity contribution in [3.8, 4) is 0 Å². The van der Waals surface area contributed by atoms with E-state index in [1.165, 1.54) is 17.8 Å². The predicted octanol–water partition coefficient (Wildman–Crippen LogP) is 3.29. The number of hydrogen-bond donors (Lipinski definition) is 1. The van der Waals surface area contributed by atoms with Gasteiger partial charge in [-0.25, -0.2) is 4.79 Å². The summed E-state index contributed by atoms with van der Waals surface area (Å²) in [5.74, 6) is -0.429. The van der Waals surface area contributed by atoms with Crippen molar-refractivity contribution in [3.05, 3.63) is 22.4 Å². The van der Waals surface area contributed by atoms with E-state index >= 15 is 0 Å². The maximum Gasteiger partial charge on any atom is 0.344 e. The minimum absolute atomic E-state index is 0.0127. The Bertz CT molecular complexity index is 583. The molecule has 1 N–H and O–H groups in total. The Labute approximate surface area is 147 Å². The van der Waals surface area contributed by atoms with Gasteiger partial charge in [0.2, 0.25) is 0 Å².